The molecule has 0 fully saturated rings. The number of hydrogen-bond donors (Lipinski definition) is 1. The van der Waals surface area contributed by atoms with Crippen LogP contribution in [-0.4, -0.2) is 15.1 Å². The van der Waals surface area contributed by atoms with Crippen molar-refractivity contribution in [2.45, 2.75) is 32.8 Å². The van der Waals surface area contributed by atoms with Gasteiger partial charge in [0.1, 0.15) is 0 Å². The lowest BCUT2D eigenvalue weighted by atomic mass is 9.95. The van der Waals surface area contributed by atoms with Crippen LogP contribution < -0.4 is 0 Å². The minimum Gasteiger partial charge on any atom is -0.387 e. The Morgan fingerprint density at radius 1 is 1.24 bits per heavy atom. The minimum absolute atomic E-state index is 0.0524. The maximum Gasteiger partial charge on any atom is 0.0966 e. The second-order valence-corrected chi connectivity index (χ2v) is 5.43. The number of aliphatic hydroxyl groups is 1. The van der Waals surface area contributed by atoms with Crippen LogP contribution in [0, 0.1) is 13.8 Å². The van der Waals surface area contributed by atoms with E-state index in [9.17, 15) is 5.11 Å². The number of thiazole rings is 1. The van der Waals surface area contributed by atoms with Crippen molar-refractivity contribution < 1.29 is 5.11 Å². The molecule has 2 aromatic rings. The molecule has 90 valence electrons. The Kier molecular flexibility index (Phi) is 3.54. The van der Waals surface area contributed by atoms with Gasteiger partial charge >= 0.3 is 0 Å². The van der Waals surface area contributed by atoms with E-state index < -0.39 is 6.10 Å². The van der Waals surface area contributed by atoms with Crippen LogP contribution >= 0.6 is 11.3 Å². The highest BCUT2D eigenvalue weighted by molar-refractivity contribution is 7.11. The van der Waals surface area contributed by atoms with Crippen LogP contribution in [0.3, 0.4) is 0 Å². The molecule has 0 aromatic carbocycles. The quantitative estimate of drug-likeness (QED) is 0.908. The van der Waals surface area contributed by atoms with Gasteiger partial charge in [0.25, 0.3) is 0 Å². The van der Waals surface area contributed by atoms with Crippen molar-refractivity contribution in [3.63, 3.8) is 0 Å². The summed E-state index contributed by atoms with van der Waals surface area (Å²) in [6.07, 6.45) is 3.01. The summed E-state index contributed by atoms with van der Waals surface area (Å²) in [5, 5.41) is 11.4. The topological polar surface area (TPSA) is 46.0 Å². The standard InChI is InChI=1S/C13H16N2OS/c1-8(11-4-6-14-7-5-11)12(16)13-9(2)15-10(3)17-13/h4-8,12,16H,1-3H3. The summed E-state index contributed by atoms with van der Waals surface area (Å²) in [6, 6.07) is 3.88. The molecule has 0 saturated heterocycles. The van der Waals surface area contributed by atoms with Gasteiger partial charge in [-0.3, -0.25) is 4.98 Å². The Morgan fingerprint density at radius 3 is 2.41 bits per heavy atom. The summed E-state index contributed by atoms with van der Waals surface area (Å²) in [5.41, 5.74) is 2.03. The number of nitrogens with zero attached hydrogens (tertiary/aromatic N) is 2. The average Bonchev–Trinajstić information content (AvgIpc) is 2.68. The molecule has 0 spiro atoms. The highest BCUT2D eigenvalue weighted by Crippen LogP contribution is 2.34. The SMILES string of the molecule is Cc1nc(C)c(C(O)C(C)c2ccncc2)s1. The summed E-state index contributed by atoms with van der Waals surface area (Å²) >= 11 is 1.57. The van der Waals surface area contributed by atoms with Crippen molar-refractivity contribution in [2.24, 2.45) is 0 Å². The molecule has 0 saturated carbocycles. The first-order valence-electron chi connectivity index (χ1n) is 5.61. The number of aryl methyl sites for hydroxylation is 2. The zero-order chi connectivity index (χ0) is 12.4. The summed E-state index contributed by atoms with van der Waals surface area (Å²) in [5.74, 6) is 0.0524. The zero-order valence-corrected chi connectivity index (χ0v) is 11.0. The Labute approximate surface area is 105 Å². The average molecular weight is 248 g/mol. The highest BCUT2D eigenvalue weighted by atomic mass is 32.1. The molecule has 4 heteroatoms. The number of rotatable bonds is 3. The smallest absolute Gasteiger partial charge is 0.0966 e. The number of aromatic nitrogens is 2. The highest BCUT2D eigenvalue weighted by Gasteiger charge is 2.22. The molecular weight excluding hydrogens is 232 g/mol. The molecule has 0 radical (unpaired) electrons. The predicted molar refractivity (Wildman–Crippen MR) is 69.2 cm³/mol. The van der Waals surface area contributed by atoms with Gasteiger partial charge in [-0.15, -0.1) is 11.3 Å². The molecule has 2 rings (SSSR count). The summed E-state index contributed by atoms with van der Waals surface area (Å²) in [7, 11) is 0. The molecular formula is C13H16N2OS. The van der Waals surface area contributed by atoms with Crippen molar-refractivity contribution in [2.75, 3.05) is 0 Å². The van der Waals surface area contributed by atoms with Gasteiger partial charge in [0, 0.05) is 18.3 Å². The molecule has 0 aliphatic rings. The lowest BCUT2D eigenvalue weighted by Crippen LogP contribution is -2.07. The summed E-state index contributed by atoms with van der Waals surface area (Å²) in [4.78, 5) is 9.31. The molecule has 2 aromatic heterocycles. The van der Waals surface area contributed by atoms with Crippen LogP contribution in [0.15, 0.2) is 24.5 Å². The van der Waals surface area contributed by atoms with Gasteiger partial charge in [0.2, 0.25) is 0 Å². The van der Waals surface area contributed by atoms with E-state index in [-0.39, 0.29) is 5.92 Å². The van der Waals surface area contributed by atoms with Gasteiger partial charge in [-0.05, 0) is 31.5 Å². The van der Waals surface area contributed by atoms with E-state index >= 15 is 0 Å². The molecule has 2 atom stereocenters. The first-order valence-corrected chi connectivity index (χ1v) is 6.43. The van der Waals surface area contributed by atoms with E-state index in [1.54, 1.807) is 23.7 Å². The van der Waals surface area contributed by atoms with E-state index in [2.05, 4.69) is 9.97 Å². The van der Waals surface area contributed by atoms with E-state index in [1.807, 2.05) is 32.9 Å². The van der Waals surface area contributed by atoms with Crippen molar-refractivity contribution in [3.05, 3.63) is 45.7 Å². The Bertz CT molecular complexity index is 495. The Hall–Kier alpha value is -1.26. The van der Waals surface area contributed by atoms with Gasteiger partial charge in [-0.25, -0.2) is 4.98 Å². The third kappa shape index (κ3) is 2.53. The van der Waals surface area contributed by atoms with Crippen molar-refractivity contribution in [1.29, 1.82) is 0 Å². The number of hydrogen-bond acceptors (Lipinski definition) is 4. The normalized spacial score (nSPS) is 14.6. The number of pyridine rings is 1. The Balaban J connectivity index is 2.26. The molecule has 3 nitrogen and oxygen atoms in total. The predicted octanol–water partition coefficient (Wildman–Crippen LogP) is 2.99. The van der Waals surface area contributed by atoms with Crippen molar-refractivity contribution in [3.8, 4) is 0 Å². The number of aliphatic hydroxyl groups excluding tert-OH is 1. The summed E-state index contributed by atoms with van der Waals surface area (Å²) in [6.45, 7) is 5.93. The van der Waals surface area contributed by atoms with Crippen molar-refractivity contribution >= 4 is 11.3 Å². The monoisotopic (exact) mass is 248 g/mol. The lowest BCUT2D eigenvalue weighted by molar-refractivity contribution is 0.154. The second kappa shape index (κ2) is 4.94. The van der Waals surface area contributed by atoms with Crippen LogP contribution in [0.5, 0.6) is 0 Å². The first-order chi connectivity index (χ1) is 8.09. The van der Waals surface area contributed by atoms with Gasteiger partial charge in [0.15, 0.2) is 0 Å². The summed E-state index contributed by atoms with van der Waals surface area (Å²) < 4.78 is 0. The van der Waals surface area contributed by atoms with E-state index in [4.69, 9.17) is 0 Å². The van der Waals surface area contributed by atoms with Gasteiger partial charge < -0.3 is 5.11 Å². The molecule has 0 aliphatic carbocycles. The van der Waals surface area contributed by atoms with Crippen LogP contribution in [0.4, 0.5) is 0 Å². The lowest BCUT2D eigenvalue weighted by Gasteiger charge is -2.18. The molecule has 1 N–H and O–H groups in total. The maximum atomic E-state index is 10.4. The Morgan fingerprint density at radius 2 is 1.88 bits per heavy atom. The molecule has 17 heavy (non-hydrogen) atoms. The van der Waals surface area contributed by atoms with Crippen LogP contribution in [0.1, 0.15) is 40.1 Å². The van der Waals surface area contributed by atoms with Gasteiger partial charge in [0.05, 0.1) is 21.7 Å². The van der Waals surface area contributed by atoms with Crippen LogP contribution in [-0.2, 0) is 0 Å². The van der Waals surface area contributed by atoms with E-state index in [0.29, 0.717) is 0 Å². The molecule has 0 amide bonds. The first kappa shape index (κ1) is 12.2. The molecule has 0 aliphatic heterocycles. The minimum atomic E-state index is -0.497. The second-order valence-electron chi connectivity index (χ2n) is 4.20. The fourth-order valence-corrected chi connectivity index (χ4v) is 2.92. The third-order valence-electron chi connectivity index (χ3n) is 2.91. The largest absolute Gasteiger partial charge is 0.387 e. The van der Waals surface area contributed by atoms with Crippen LogP contribution in [0.25, 0.3) is 0 Å². The van der Waals surface area contributed by atoms with Gasteiger partial charge in [-0.1, -0.05) is 6.92 Å². The third-order valence-corrected chi connectivity index (χ3v) is 4.06. The maximum absolute atomic E-state index is 10.4. The molecule has 2 unspecified atom stereocenters. The van der Waals surface area contributed by atoms with E-state index in [0.717, 1.165) is 21.1 Å². The van der Waals surface area contributed by atoms with E-state index in [1.165, 1.54) is 0 Å². The molecule has 0 bridgehead atoms. The zero-order valence-electron chi connectivity index (χ0n) is 10.2. The fourth-order valence-electron chi connectivity index (χ4n) is 1.90. The molecule has 2 heterocycles. The fraction of sp³-hybridized carbons (Fsp3) is 0.385. The van der Waals surface area contributed by atoms with Gasteiger partial charge in [-0.2, -0.15) is 0 Å². The van der Waals surface area contributed by atoms with Crippen LogP contribution in [0.2, 0.25) is 0 Å². The van der Waals surface area contributed by atoms with Crippen molar-refractivity contribution in [1.82, 2.24) is 9.97 Å².